The monoisotopic (exact) mass is 393 g/mol. The van der Waals surface area contributed by atoms with Gasteiger partial charge in [0.1, 0.15) is 0 Å². The van der Waals surface area contributed by atoms with Crippen molar-refractivity contribution in [2.24, 2.45) is 5.73 Å². The Kier molecular flexibility index (Phi) is 7.42. The number of rotatable bonds is 9. The minimum absolute atomic E-state index is 0.0692. The number of carbonyl (C=O) groups is 1. The van der Waals surface area contributed by atoms with Crippen LogP contribution in [0, 0.1) is 13.8 Å². The van der Waals surface area contributed by atoms with Gasteiger partial charge in [-0.2, -0.15) is 0 Å². The summed E-state index contributed by atoms with van der Waals surface area (Å²) in [5.74, 6) is 0.143. The zero-order chi connectivity index (χ0) is 19.3. The standard InChI is InChI=1S/C21H28ClNO2S/c1-14-7-8-16(11-15(14)2)5-4-6-18(25)20-12-17(22)19(26-20)9-10-21(3,23)13-24/h7-8,11-12,24H,4-6,9-10,13,23H2,1-3H3. The van der Waals surface area contributed by atoms with E-state index in [2.05, 4.69) is 32.0 Å². The van der Waals surface area contributed by atoms with E-state index in [1.54, 1.807) is 6.07 Å². The summed E-state index contributed by atoms with van der Waals surface area (Å²) >= 11 is 7.73. The Bertz CT molecular complexity index is 767. The number of aliphatic hydroxyl groups is 1. The van der Waals surface area contributed by atoms with Gasteiger partial charge in [-0.3, -0.25) is 4.79 Å². The molecular formula is C21H28ClNO2S. The van der Waals surface area contributed by atoms with E-state index in [-0.39, 0.29) is 12.4 Å². The molecule has 1 aromatic heterocycles. The number of hydrogen-bond donors (Lipinski definition) is 2. The largest absolute Gasteiger partial charge is 0.394 e. The molecule has 0 saturated carbocycles. The Balaban J connectivity index is 1.89. The van der Waals surface area contributed by atoms with Crippen LogP contribution in [0.2, 0.25) is 5.02 Å². The van der Waals surface area contributed by atoms with Crippen LogP contribution in [-0.2, 0) is 12.8 Å². The summed E-state index contributed by atoms with van der Waals surface area (Å²) in [5.41, 5.74) is 9.20. The van der Waals surface area contributed by atoms with Crippen molar-refractivity contribution in [2.75, 3.05) is 6.61 Å². The first-order valence-electron chi connectivity index (χ1n) is 8.99. The molecule has 0 saturated heterocycles. The molecule has 0 aliphatic heterocycles. The number of nitrogens with two attached hydrogens (primary N) is 1. The molecule has 0 radical (unpaired) electrons. The van der Waals surface area contributed by atoms with Crippen molar-refractivity contribution < 1.29 is 9.90 Å². The first-order valence-corrected chi connectivity index (χ1v) is 10.2. The van der Waals surface area contributed by atoms with Gasteiger partial charge in [-0.05, 0) is 69.2 Å². The third-order valence-corrected chi connectivity index (χ3v) is 6.44. The van der Waals surface area contributed by atoms with Crippen LogP contribution in [-0.4, -0.2) is 23.0 Å². The van der Waals surface area contributed by atoms with Gasteiger partial charge in [0.15, 0.2) is 5.78 Å². The van der Waals surface area contributed by atoms with Gasteiger partial charge in [0.25, 0.3) is 0 Å². The molecule has 1 heterocycles. The number of hydrogen-bond acceptors (Lipinski definition) is 4. The number of carbonyl (C=O) groups excluding carboxylic acids is 1. The lowest BCUT2D eigenvalue weighted by Crippen LogP contribution is -2.40. The van der Waals surface area contributed by atoms with Crippen LogP contribution in [0.1, 0.15) is 57.4 Å². The van der Waals surface area contributed by atoms with E-state index in [1.807, 2.05) is 6.92 Å². The third-order valence-electron chi connectivity index (χ3n) is 4.76. The molecule has 0 fully saturated rings. The molecule has 5 heteroatoms. The highest BCUT2D eigenvalue weighted by Gasteiger charge is 2.19. The molecule has 0 bridgehead atoms. The number of Topliss-reactive ketones (excluding diaryl/α,β-unsaturated/α-hetero) is 1. The van der Waals surface area contributed by atoms with Crippen molar-refractivity contribution >= 4 is 28.7 Å². The topological polar surface area (TPSA) is 63.3 Å². The van der Waals surface area contributed by atoms with Crippen LogP contribution in [0.5, 0.6) is 0 Å². The van der Waals surface area contributed by atoms with Crippen molar-refractivity contribution in [3.63, 3.8) is 0 Å². The normalized spacial score (nSPS) is 13.6. The second-order valence-corrected chi connectivity index (χ2v) is 8.93. The quantitative estimate of drug-likeness (QED) is 0.597. The van der Waals surface area contributed by atoms with E-state index in [0.717, 1.165) is 17.7 Å². The molecule has 3 nitrogen and oxygen atoms in total. The summed E-state index contributed by atoms with van der Waals surface area (Å²) in [7, 11) is 0. The number of aryl methyl sites for hydroxylation is 4. The van der Waals surface area contributed by atoms with Gasteiger partial charge in [0, 0.05) is 16.8 Å². The van der Waals surface area contributed by atoms with Gasteiger partial charge < -0.3 is 10.8 Å². The maximum absolute atomic E-state index is 12.5. The van der Waals surface area contributed by atoms with Crippen LogP contribution in [0.25, 0.3) is 0 Å². The predicted molar refractivity (Wildman–Crippen MR) is 111 cm³/mol. The highest BCUT2D eigenvalue weighted by Crippen LogP contribution is 2.30. The number of aliphatic hydroxyl groups excluding tert-OH is 1. The lowest BCUT2D eigenvalue weighted by atomic mass is 9.98. The molecule has 1 aromatic carbocycles. The number of halogens is 1. The number of ketones is 1. The Morgan fingerprint density at radius 1 is 1.23 bits per heavy atom. The lowest BCUT2D eigenvalue weighted by Gasteiger charge is -2.20. The fraction of sp³-hybridized carbons (Fsp3) is 0.476. The van der Waals surface area contributed by atoms with E-state index in [1.165, 1.54) is 28.0 Å². The maximum atomic E-state index is 12.5. The Hall–Kier alpha value is -1.20. The van der Waals surface area contributed by atoms with Crippen LogP contribution in [0.15, 0.2) is 24.3 Å². The van der Waals surface area contributed by atoms with Crippen LogP contribution in [0.4, 0.5) is 0 Å². The Labute approximate surface area is 165 Å². The van der Waals surface area contributed by atoms with E-state index in [9.17, 15) is 9.90 Å². The molecule has 1 unspecified atom stereocenters. The average Bonchev–Trinajstić information content (AvgIpc) is 2.97. The molecule has 1 atom stereocenters. The molecule has 0 amide bonds. The summed E-state index contributed by atoms with van der Waals surface area (Å²) < 4.78 is 0. The summed E-state index contributed by atoms with van der Waals surface area (Å²) in [6, 6.07) is 8.24. The van der Waals surface area contributed by atoms with Crippen molar-refractivity contribution in [1.29, 1.82) is 0 Å². The van der Waals surface area contributed by atoms with Gasteiger partial charge in [-0.1, -0.05) is 29.8 Å². The molecule has 3 N–H and O–H groups in total. The Morgan fingerprint density at radius 3 is 2.62 bits per heavy atom. The highest BCUT2D eigenvalue weighted by atomic mass is 35.5. The minimum atomic E-state index is -0.621. The number of thiophene rings is 1. The smallest absolute Gasteiger partial charge is 0.172 e. The molecule has 0 aliphatic rings. The summed E-state index contributed by atoms with van der Waals surface area (Å²) in [6.07, 6.45) is 3.56. The summed E-state index contributed by atoms with van der Waals surface area (Å²) in [4.78, 5) is 14.1. The van der Waals surface area contributed by atoms with Crippen molar-refractivity contribution in [2.45, 2.75) is 58.4 Å². The van der Waals surface area contributed by atoms with Crippen molar-refractivity contribution in [1.82, 2.24) is 0 Å². The van der Waals surface area contributed by atoms with Gasteiger partial charge in [0.05, 0.1) is 16.5 Å². The minimum Gasteiger partial charge on any atom is -0.394 e. The van der Waals surface area contributed by atoms with Gasteiger partial charge in [-0.15, -0.1) is 11.3 Å². The zero-order valence-electron chi connectivity index (χ0n) is 15.8. The van der Waals surface area contributed by atoms with Gasteiger partial charge in [-0.25, -0.2) is 0 Å². The first-order chi connectivity index (χ1) is 12.2. The molecular weight excluding hydrogens is 366 g/mol. The van der Waals surface area contributed by atoms with Crippen LogP contribution < -0.4 is 5.73 Å². The average molecular weight is 394 g/mol. The van der Waals surface area contributed by atoms with Gasteiger partial charge >= 0.3 is 0 Å². The second-order valence-electron chi connectivity index (χ2n) is 7.39. The lowest BCUT2D eigenvalue weighted by molar-refractivity contribution is 0.0984. The molecule has 0 spiro atoms. The summed E-state index contributed by atoms with van der Waals surface area (Å²) in [5, 5.41) is 9.88. The van der Waals surface area contributed by atoms with Crippen LogP contribution in [0.3, 0.4) is 0 Å². The van der Waals surface area contributed by atoms with Crippen molar-refractivity contribution in [3.8, 4) is 0 Å². The molecule has 142 valence electrons. The van der Waals surface area contributed by atoms with Crippen molar-refractivity contribution in [3.05, 3.63) is 55.7 Å². The van der Waals surface area contributed by atoms with E-state index in [4.69, 9.17) is 17.3 Å². The predicted octanol–water partition coefficient (Wildman–Crippen LogP) is 4.87. The highest BCUT2D eigenvalue weighted by molar-refractivity contribution is 7.14. The Morgan fingerprint density at radius 2 is 1.96 bits per heavy atom. The molecule has 0 aliphatic carbocycles. The fourth-order valence-corrected chi connectivity index (χ4v) is 4.13. The van der Waals surface area contributed by atoms with Crippen LogP contribution >= 0.6 is 22.9 Å². The van der Waals surface area contributed by atoms with Gasteiger partial charge in [0.2, 0.25) is 0 Å². The number of benzene rings is 1. The summed E-state index contributed by atoms with van der Waals surface area (Å²) in [6.45, 7) is 5.96. The third kappa shape index (κ3) is 5.92. The molecule has 2 rings (SSSR count). The van der Waals surface area contributed by atoms with E-state index in [0.29, 0.717) is 29.2 Å². The molecule has 2 aromatic rings. The first kappa shape index (κ1) is 21.1. The molecule has 26 heavy (non-hydrogen) atoms. The van der Waals surface area contributed by atoms with E-state index >= 15 is 0 Å². The fourth-order valence-electron chi connectivity index (χ4n) is 2.73. The SMILES string of the molecule is Cc1ccc(CCCC(=O)c2cc(Cl)c(CCC(C)(N)CO)s2)cc1C. The zero-order valence-corrected chi connectivity index (χ0v) is 17.3. The maximum Gasteiger partial charge on any atom is 0.172 e. The second kappa shape index (κ2) is 9.14. The van der Waals surface area contributed by atoms with E-state index < -0.39 is 5.54 Å².